The number of ether oxygens (including phenoxy) is 1. The van der Waals surface area contributed by atoms with Crippen molar-refractivity contribution < 1.29 is 4.74 Å². The van der Waals surface area contributed by atoms with E-state index < -0.39 is 0 Å². The van der Waals surface area contributed by atoms with Crippen molar-refractivity contribution >= 4 is 11.6 Å². The van der Waals surface area contributed by atoms with E-state index in [1.807, 2.05) is 55.6 Å². The summed E-state index contributed by atoms with van der Waals surface area (Å²) in [5, 5.41) is 4.20. The van der Waals surface area contributed by atoms with E-state index in [0.29, 0.717) is 6.61 Å². The minimum absolute atomic E-state index is 0.282. The molecule has 0 aliphatic rings. The Balaban J connectivity index is 1.55. The van der Waals surface area contributed by atoms with E-state index in [0.717, 1.165) is 33.7 Å². The molecule has 0 amide bonds. The van der Waals surface area contributed by atoms with Gasteiger partial charge in [0.05, 0.1) is 0 Å². The van der Waals surface area contributed by atoms with Gasteiger partial charge in [0.15, 0.2) is 5.65 Å². The lowest BCUT2D eigenvalue weighted by atomic mass is 10.1. The van der Waals surface area contributed by atoms with Crippen LogP contribution in [-0.2, 0) is 6.61 Å². The Hall–Kier alpha value is -3.34. The Kier molecular flexibility index (Phi) is 3.82. The van der Waals surface area contributed by atoms with Crippen LogP contribution in [0.4, 0.5) is 5.95 Å². The number of anilines is 1. The number of hydrogen-bond donors (Lipinski definition) is 1. The van der Waals surface area contributed by atoms with Crippen LogP contribution in [0.3, 0.4) is 0 Å². The van der Waals surface area contributed by atoms with Crippen LogP contribution in [-0.4, -0.2) is 14.6 Å². The molecule has 4 rings (SSSR count). The van der Waals surface area contributed by atoms with Gasteiger partial charge in [-0.3, -0.25) is 0 Å². The zero-order chi connectivity index (χ0) is 17.2. The number of aromatic nitrogens is 3. The third-order valence-corrected chi connectivity index (χ3v) is 4.07. The van der Waals surface area contributed by atoms with Crippen molar-refractivity contribution in [3.8, 4) is 16.9 Å². The smallest absolute Gasteiger partial charge is 0.240 e. The first-order valence-electron chi connectivity index (χ1n) is 8.09. The van der Waals surface area contributed by atoms with Crippen LogP contribution in [0.1, 0.15) is 11.1 Å². The van der Waals surface area contributed by atoms with Crippen LogP contribution in [0.15, 0.2) is 66.9 Å². The highest BCUT2D eigenvalue weighted by Gasteiger charge is 2.07. The molecule has 0 saturated carbocycles. The van der Waals surface area contributed by atoms with Gasteiger partial charge in [0, 0.05) is 11.8 Å². The van der Waals surface area contributed by atoms with E-state index in [2.05, 4.69) is 28.3 Å². The Labute approximate surface area is 145 Å². The lowest BCUT2D eigenvalue weighted by Crippen LogP contribution is -1.95. The highest BCUT2D eigenvalue weighted by Crippen LogP contribution is 2.25. The highest BCUT2D eigenvalue weighted by molar-refractivity contribution is 5.67. The fourth-order valence-corrected chi connectivity index (χ4v) is 2.81. The molecular weight excluding hydrogens is 312 g/mol. The molecular formula is C20H18N4O. The third-order valence-electron chi connectivity index (χ3n) is 4.07. The van der Waals surface area contributed by atoms with Crippen molar-refractivity contribution in [2.24, 2.45) is 0 Å². The lowest BCUT2D eigenvalue weighted by molar-refractivity contribution is 0.306. The van der Waals surface area contributed by atoms with E-state index in [4.69, 9.17) is 10.5 Å². The summed E-state index contributed by atoms with van der Waals surface area (Å²) in [6.45, 7) is 2.56. The molecule has 0 bridgehead atoms. The fraction of sp³-hybridized carbons (Fsp3) is 0.100. The first-order valence-corrected chi connectivity index (χ1v) is 8.09. The molecule has 2 aromatic carbocycles. The zero-order valence-corrected chi connectivity index (χ0v) is 13.9. The van der Waals surface area contributed by atoms with Gasteiger partial charge < -0.3 is 10.5 Å². The molecule has 0 fully saturated rings. The molecule has 2 N–H and O–H groups in total. The molecule has 0 aliphatic heterocycles. The van der Waals surface area contributed by atoms with Gasteiger partial charge in [-0.05, 0) is 41.8 Å². The maximum atomic E-state index is 5.84. The summed E-state index contributed by atoms with van der Waals surface area (Å²) >= 11 is 0. The van der Waals surface area contributed by atoms with Crippen LogP contribution in [0.25, 0.3) is 16.8 Å². The number of pyridine rings is 1. The predicted molar refractivity (Wildman–Crippen MR) is 98.3 cm³/mol. The van der Waals surface area contributed by atoms with Crippen molar-refractivity contribution in [3.05, 3.63) is 78.0 Å². The first-order chi connectivity index (χ1) is 12.2. The summed E-state index contributed by atoms with van der Waals surface area (Å²) in [7, 11) is 0. The molecule has 0 saturated heterocycles. The molecule has 25 heavy (non-hydrogen) atoms. The highest BCUT2D eigenvalue weighted by atomic mass is 16.5. The lowest BCUT2D eigenvalue weighted by Gasteiger charge is -2.08. The molecule has 0 unspecified atom stereocenters. The SMILES string of the molecule is Cc1cc(-c2ccc(OCc3ccccc3)cc2)cn2nc(N)nc12. The molecule has 0 atom stereocenters. The molecule has 5 nitrogen and oxygen atoms in total. The molecule has 2 heterocycles. The fourth-order valence-electron chi connectivity index (χ4n) is 2.81. The van der Waals surface area contributed by atoms with Gasteiger partial charge in [0.1, 0.15) is 12.4 Å². The van der Waals surface area contributed by atoms with Crippen LogP contribution in [0, 0.1) is 6.92 Å². The van der Waals surface area contributed by atoms with Crippen molar-refractivity contribution in [3.63, 3.8) is 0 Å². The predicted octanol–water partition coefficient (Wildman–Crippen LogP) is 3.87. The molecule has 4 aromatic rings. The van der Waals surface area contributed by atoms with E-state index in [1.54, 1.807) is 4.52 Å². The minimum Gasteiger partial charge on any atom is -0.489 e. The average molecular weight is 330 g/mol. The van der Waals surface area contributed by atoms with Gasteiger partial charge in [0.25, 0.3) is 0 Å². The Morgan fingerprint density at radius 3 is 2.52 bits per heavy atom. The van der Waals surface area contributed by atoms with Crippen LogP contribution >= 0.6 is 0 Å². The Bertz CT molecular complexity index is 1010. The number of fused-ring (bicyclic) bond motifs is 1. The van der Waals surface area contributed by atoms with Gasteiger partial charge in [-0.1, -0.05) is 42.5 Å². The maximum absolute atomic E-state index is 5.84. The van der Waals surface area contributed by atoms with Gasteiger partial charge >= 0.3 is 0 Å². The standard InChI is InChI=1S/C20H18N4O/c1-14-11-17(12-24-19(14)22-20(21)23-24)16-7-9-18(10-8-16)25-13-15-5-3-2-4-6-15/h2-12H,13H2,1H3,(H2,21,23). The normalized spacial score (nSPS) is 10.9. The van der Waals surface area contributed by atoms with Crippen LogP contribution in [0.2, 0.25) is 0 Å². The number of benzene rings is 2. The third kappa shape index (κ3) is 3.17. The molecule has 0 radical (unpaired) electrons. The second-order valence-electron chi connectivity index (χ2n) is 5.95. The number of nitrogen functional groups attached to an aromatic ring is 1. The molecule has 0 aliphatic carbocycles. The number of aryl methyl sites for hydroxylation is 1. The second-order valence-corrected chi connectivity index (χ2v) is 5.95. The Morgan fingerprint density at radius 1 is 1.00 bits per heavy atom. The van der Waals surface area contributed by atoms with Gasteiger partial charge in [-0.2, -0.15) is 4.98 Å². The summed E-state index contributed by atoms with van der Waals surface area (Å²) in [6.07, 6.45) is 1.94. The van der Waals surface area contributed by atoms with Crippen molar-refractivity contribution in [1.82, 2.24) is 14.6 Å². The van der Waals surface area contributed by atoms with Gasteiger partial charge in [-0.15, -0.1) is 5.10 Å². The van der Waals surface area contributed by atoms with Gasteiger partial charge in [-0.25, -0.2) is 4.52 Å². The van der Waals surface area contributed by atoms with E-state index in [-0.39, 0.29) is 5.95 Å². The number of nitrogens with zero attached hydrogens (tertiary/aromatic N) is 3. The second kappa shape index (κ2) is 6.28. The monoisotopic (exact) mass is 330 g/mol. The van der Waals surface area contributed by atoms with Crippen molar-refractivity contribution in [1.29, 1.82) is 0 Å². The summed E-state index contributed by atoms with van der Waals surface area (Å²) in [6, 6.07) is 20.3. The summed E-state index contributed by atoms with van der Waals surface area (Å²) in [5.41, 5.74) is 10.8. The number of hydrogen-bond acceptors (Lipinski definition) is 4. The summed E-state index contributed by atoms with van der Waals surface area (Å²) < 4.78 is 7.56. The number of nitrogens with two attached hydrogens (primary N) is 1. The van der Waals surface area contributed by atoms with E-state index in [9.17, 15) is 0 Å². The summed E-state index contributed by atoms with van der Waals surface area (Å²) in [4.78, 5) is 4.22. The van der Waals surface area contributed by atoms with Crippen molar-refractivity contribution in [2.75, 3.05) is 5.73 Å². The summed E-state index contributed by atoms with van der Waals surface area (Å²) in [5.74, 6) is 1.13. The quantitative estimate of drug-likeness (QED) is 0.617. The molecule has 2 aromatic heterocycles. The van der Waals surface area contributed by atoms with E-state index in [1.165, 1.54) is 0 Å². The molecule has 124 valence electrons. The largest absolute Gasteiger partial charge is 0.489 e. The molecule has 5 heteroatoms. The Morgan fingerprint density at radius 2 is 1.76 bits per heavy atom. The van der Waals surface area contributed by atoms with E-state index >= 15 is 0 Å². The number of rotatable bonds is 4. The average Bonchev–Trinajstić information content (AvgIpc) is 3.02. The topological polar surface area (TPSA) is 65.4 Å². The minimum atomic E-state index is 0.282. The maximum Gasteiger partial charge on any atom is 0.240 e. The zero-order valence-electron chi connectivity index (χ0n) is 13.9. The first kappa shape index (κ1) is 15.2. The molecule has 0 spiro atoms. The van der Waals surface area contributed by atoms with Crippen LogP contribution < -0.4 is 10.5 Å². The van der Waals surface area contributed by atoms with Crippen molar-refractivity contribution in [2.45, 2.75) is 13.5 Å². The van der Waals surface area contributed by atoms with Crippen LogP contribution in [0.5, 0.6) is 5.75 Å². The van der Waals surface area contributed by atoms with Gasteiger partial charge in [0.2, 0.25) is 5.95 Å².